The number of carbonyl (C=O) groups excluding carboxylic acids is 1. The summed E-state index contributed by atoms with van der Waals surface area (Å²) in [7, 11) is 0. The summed E-state index contributed by atoms with van der Waals surface area (Å²) < 4.78 is 0. The molecule has 4 N–H and O–H groups in total. The van der Waals surface area contributed by atoms with Crippen molar-refractivity contribution in [2.45, 2.75) is 51.6 Å². The Morgan fingerprint density at radius 2 is 1.92 bits per heavy atom. The molecule has 0 spiro atoms. The first-order chi connectivity index (χ1) is 12.4. The first-order valence-corrected chi connectivity index (χ1v) is 8.76. The fraction of sp³-hybridized carbons (Fsp3) is 0.421. The lowest BCUT2D eigenvalue weighted by atomic mass is 10.0. The van der Waals surface area contributed by atoms with Crippen molar-refractivity contribution in [2.24, 2.45) is 0 Å². The van der Waals surface area contributed by atoms with Crippen molar-refractivity contribution in [3.05, 3.63) is 53.3 Å². The number of hydrogen-bond donors (Lipinski definition) is 4. The number of nitrogens with one attached hydrogen (secondary N) is 3. The normalized spacial score (nSPS) is 13.0. The van der Waals surface area contributed by atoms with Crippen LogP contribution in [0.25, 0.3) is 0 Å². The number of carboxylic acids is 1. The summed E-state index contributed by atoms with van der Waals surface area (Å²) in [5.74, 6) is -0.868. The third kappa shape index (κ3) is 6.96. The lowest BCUT2D eigenvalue weighted by Crippen LogP contribution is -2.46. The molecule has 2 rings (SSSR count). The average Bonchev–Trinajstić information content (AvgIpc) is 2.98. The maximum Gasteiger partial charge on any atom is 0.315 e. The molecule has 7 heteroatoms. The zero-order chi connectivity index (χ0) is 18.9. The number of carbonyl (C=O) groups is 2. The zero-order valence-corrected chi connectivity index (χ0v) is 15.2. The van der Waals surface area contributed by atoms with Crippen LogP contribution in [0.5, 0.6) is 0 Å². The highest BCUT2D eigenvalue weighted by Gasteiger charge is 2.16. The summed E-state index contributed by atoms with van der Waals surface area (Å²) in [5.41, 5.74) is 2.93. The smallest absolute Gasteiger partial charge is 0.315 e. The molecule has 0 fully saturated rings. The standard InChI is InChI=1S/C19H26N4O3/c1-13(10-17-11-14(2)22-23-17)20-19(26)21-16(8-9-18(24)25)12-15-6-4-3-5-7-15/h3-7,11,13,16H,8-10,12H2,1-2H3,(H,22,23)(H,24,25)(H2,20,21,26). The summed E-state index contributed by atoms with van der Waals surface area (Å²) in [5, 5.41) is 21.8. The summed E-state index contributed by atoms with van der Waals surface area (Å²) >= 11 is 0. The van der Waals surface area contributed by atoms with Crippen LogP contribution < -0.4 is 10.6 Å². The van der Waals surface area contributed by atoms with Crippen LogP contribution >= 0.6 is 0 Å². The number of aliphatic carboxylic acids is 1. The second-order valence-electron chi connectivity index (χ2n) is 6.58. The number of rotatable bonds is 9. The molecule has 0 aliphatic heterocycles. The maximum atomic E-state index is 12.3. The van der Waals surface area contributed by atoms with E-state index >= 15 is 0 Å². The molecule has 140 valence electrons. The quantitative estimate of drug-likeness (QED) is 0.552. The molecule has 2 unspecified atom stereocenters. The predicted octanol–water partition coefficient (Wildman–Crippen LogP) is 2.42. The van der Waals surface area contributed by atoms with Gasteiger partial charge < -0.3 is 15.7 Å². The highest BCUT2D eigenvalue weighted by Crippen LogP contribution is 2.08. The first-order valence-electron chi connectivity index (χ1n) is 8.76. The van der Waals surface area contributed by atoms with Gasteiger partial charge in [-0.15, -0.1) is 0 Å². The monoisotopic (exact) mass is 358 g/mol. The summed E-state index contributed by atoms with van der Waals surface area (Å²) in [6.45, 7) is 3.84. The summed E-state index contributed by atoms with van der Waals surface area (Å²) in [4.78, 5) is 23.2. The van der Waals surface area contributed by atoms with Crippen molar-refractivity contribution < 1.29 is 14.7 Å². The average molecular weight is 358 g/mol. The van der Waals surface area contributed by atoms with Crippen LogP contribution in [0, 0.1) is 6.92 Å². The molecule has 7 nitrogen and oxygen atoms in total. The van der Waals surface area contributed by atoms with Crippen molar-refractivity contribution in [1.29, 1.82) is 0 Å². The van der Waals surface area contributed by atoms with E-state index in [1.54, 1.807) is 0 Å². The molecular formula is C19H26N4O3. The van der Waals surface area contributed by atoms with Gasteiger partial charge in [0.15, 0.2) is 0 Å². The van der Waals surface area contributed by atoms with E-state index in [-0.39, 0.29) is 24.5 Å². The SMILES string of the molecule is Cc1cc(CC(C)NC(=O)NC(CCC(=O)O)Cc2ccccc2)n[nH]1. The third-order valence-electron chi connectivity index (χ3n) is 4.02. The third-order valence-corrected chi connectivity index (χ3v) is 4.02. The number of carboxylic acid groups (broad SMARTS) is 1. The predicted molar refractivity (Wildman–Crippen MR) is 99.0 cm³/mol. The van der Waals surface area contributed by atoms with E-state index in [0.717, 1.165) is 17.0 Å². The van der Waals surface area contributed by atoms with Gasteiger partial charge in [0.25, 0.3) is 0 Å². The van der Waals surface area contributed by atoms with Crippen molar-refractivity contribution in [2.75, 3.05) is 0 Å². The molecule has 0 aliphatic rings. The number of H-pyrrole nitrogens is 1. The van der Waals surface area contributed by atoms with Gasteiger partial charge in [0, 0.05) is 30.6 Å². The van der Waals surface area contributed by atoms with E-state index in [4.69, 9.17) is 5.11 Å². The van der Waals surface area contributed by atoms with Crippen LogP contribution in [-0.2, 0) is 17.6 Å². The number of hydrogen-bond acceptors (Lipinski definition) is 3. The van der Waals surface area contributed by atoms with Gasteiger partial charge in [-0.3, -0.25) is 9.89 Å². The Morgan fingerprint density at radius 1 is 1.19 bits per heavy atom. The van der Waals surface area contributed by atoms with Crippen molar-refractivity contribution in [3.8, 4) is 0 Å². The van der Waals surface area contributed by atoms with Gasteiger partial charge in [-0.2, -0.15) is 5.10 Å². The second-order valence-corrected chi connectivity index (χ2v) is 6.58. The minimum Gasteiger partial charge on any atom is -0.481 e. The van der Waals surface area contributed by atoms with Crippen LogP contribution in [0.2, 0.25) is 0 Å². The van der Waals surface area contributed by atoms with Gasteiger partial charge in [-0.1, -0.05) is 30.3 Å². The molecule has 1 aromatic heterocycles. The summed E-state index contributed by atoms with van der Waals surface area (Å²) in [6, 6.07) is 11.0. The van der Waals surface area contributed by atoms with Crippen LogP contribution in [0.4, 0.5) is 4.79 Å². The van der Waals surface area contributed by atoms with Gasteiger partial charge in [-0.05, 0) is 38.3 Å². The molecule has 1 heterocycles. The van der Waals surface area contributed by atoms with E-state index in [2.05, 4.69) is 20.8 Å². The lowest BCUT2D eigenvalue weighted by Gasteiger charge is -2.20. The van der Waals surface area contributed by atoms with E-state index in [0.29, 0.717) is 19.3 Å². The minimum absolute atomic E-state index is 0.0138. The van der Waals surface area contributed by atoms with Crippen LogP contribution in [-0.4, -0.2) is 39.4 Å². The Kier molecular flexibility index (Phi) is 7.20. The van der Waals surface area contributed by atoms with Crippen molar-refractivity contribution in [3.63, 3.8) is 0 Å². The molecule has 1 aromatic carbocycles. The number of amides is 2. The maximum absolute atomic E-state index is 12.3. The molecule has 0 saturated heterocycles. The number of nitrogens with zero attached hydrogens (tertiary/aromatic N) is 1. The molecule has 2 atom stereocenters. The fourth-order valence-corrected chi connectivity index (χ4v) is 2.82. The molecule has 0 aliphatic carbocycles. The van der Waals surface area contributed by atoms with Gasteiger partial charge in [-0.25, -0.2) is 4.79 Å². The van der Waals surface area contributed by atoms with Gasteiger partial charge in [0.1, 0.15) is 0 Å². The van der Waals surface area contributed by atoms with Crippen molar-refractivity contribution >= 4 is 12.0 Å². The number of aromatic amines is 1. The molecule has 26 heavy (non-hydrogen) atoms. The first kappa shape index (κ1) is 19.5. The highest BCUT2D eigenvalue weighted by molar-refractivity contribution is 5.74. The van der Waals surface area contributed by atoms with E-state index in [9.17, 15) is 9.59 Å². The Bertz CT molecular complexity index is 715. The van der Waals surface area contributed by atoms with Crippen molar-refractivity contribution in [1.82, 2.24) is 20.8 Å². The van der Waals surface area contributed by atoms with E-state index in [1.165, 1.54) is 0 Å². The van der Waals surface area contributed by atoms with Crippen LogP contribution in [0.1, 0.15) is 36.7 Å². The number of benzene rings is 1. The lowest BCUT2D eigenvalue weighted by molar-refractivity contribution is -0.137. The minimum atomic E-state index is -0.868. The zero-order valence-electron chi connectivity index (χ0n) is 15.2. The Morgan fingerprint density at radius 3 is 2.54 bits per heavy atom. The number of aryl methyl sites for hydroxylation is 1. The second kappa shape index (κ2) is 9.60. The molecule has 0 radical (unpaired) electrons. The Labute approximate surface area is 153 Å². The number of aromatic nitrogens is 2. The number of urea groups is 1. The van der Waals surface area contributed by atoms with Gasteiger partial charge in [0.2, 0.25) is 0 Å². The van der Waals surface area contributed by atoms with E-state index in [1.807, 2.05) is 50.2 Å². The fourth-order valence-electron chi connectivity index (χ4n) is 2.82. The van der Waals surface area contributed by atoms with Gasteiger partial charge >= 0.3 is 12.0 Å². The molecule has 2 aromatic rings. The largest absolute Gasteiger partial charge is 0.481 e. The van der Waals surface area contributed by atoms with Crippen LogP contribution in [0.15, 0.2) is 36.4 Å². The molecule has 2 amide bonds. The molecular weight excluding hydrogens is 332 g/mol. The topological polar surface area (TPSA) is 107 Å². The molecule has 0 saturated carbocycles. The van der Waals surface area contributed by atoms with Crippen LogP contribution in [0.3, 0.4) is 0 Å². The van der Waals surface area contributed by atoms with Gasteiger partial charge in [0.05, 0.1) is 5.69 Å². The highest BCUT2D eigenvalue weighted by atomic mass is 16.4. The summed E-state index contributed by atoms with van der Waals surface area (Å²) in [6.07, 6.45) is 1.61. The Balaban J connectivity index is 1.88. The molecule has 0 bridgehead atoms. The Hall–Kier alpha value is -2.83. The van der Waals surface area contributed by atoms with E-state index < -0.39 is 5.97 Å².